The maximum Gasteiger partial charge on any atom is 0.339 e. The molecule has 112 valence electrons. The molecule has 0 fully saturated rings. The molecule has 0 spiro atoms. The number of aliphatic hydroxyl groups excluding tert-OH is 1. The van der Waals surface area contributed by atoms with Gasteiger partial charge in [0.05, 0.1) is 30.5 Å². The average molecular weight is 289 g/mol. The molecular weight excluding hydrogens is 270 g/mol. The minimum atomic E-state index is -0.372. The van der Waals surface area contributed by atoms with Gasteiger partial charge in [-0.1, -0.05) is 0 Å². The first kappa shape index (κ1) is 15.3. The topological polar surface area (TPSA) is 68.7 Å². The maximum atomic E-state index is 11.9. The van der Waals surface area contributed by atoms with E-state index in [4.69, 9.17) is 14.6 Å². The zero-order valence-corrected chi connectivity index (χ0v) is 12.5. The van der Waals surface area contributed by atoms with Gasteiger partial charge in [-0.2, -0.15) is 0 Å². The van der Waals surface area contributed by atoms with E-state index in [1.54, 1.807) is 27.0 Å². The zero-order valence-electron chi connectivity index (χ0n) is 12.5. The standard InChI is InChI=1S/C16H19NO4/c1-4-21-16(19)13-7-12-9-15(20-3)11(5-6-18)8-14(12)17-10(13)2/h7-9,18H,4-6H2,1-3H3. The van der Waals surface area contributed by atoms with Gasteiger partial charge >= 0.3 is 5.97 Å². The molecular formula is C16H19NO4. The Morgan fingerprint density at radius 2 is 2.10 bits per heavy atom. The summed E-state index contributed by atoms with van der Waals surface area (Å²) < 4.78 is 10.4. The van der Waals surface area contributed by atoms with Crippen molar-refractivity contribution in [3.63, 3.8) is 0 Å². The highest BCUT2D eigenvalue weighted by atomic mass is 16.5. The van der Waals surface area contributed by atoms with Crippen LogP contribution in [-0.2, 0) is 11.2 Å². The van der Waals surface area contributed by atoms with E-state index in [0.717, 1.165) is 16.5 Å². The third kappa shape index (κ3) is 3.13. The first-order valence-electron chi connectivity index (χ1n) is 6.87. The second-order valence-electron chi connectivity index (χ2n) is 4.67. The smallest absolute Gasteiger partial charge is 0.339 e. The van der Waals surface area contributed by atoms with Crippen LogP contribution in [0.25, 0.3) is 10.9 Å². The van der Waals surface area contributed by atoms with Crippen molar-refractivity contribution in [2.45, 2.75) is 20.3 Å². The van der Waals surface area contributed by atoms with Crippen LogP contribution in [0.15, 0.2) is 18.2 Å². The van der Waals surface area contributed by atoms with Gasteiger partial charge < -0.3 is 14.6 Å². The molecule has 0 aliphatic heterocycles. The van der Waals surface area contributed by atoms with E-state index in [9.17, 15) is 4.79 Å². The molecule has 0 bridgehead atoms. The predicted octanol–water partition coefficient (Wildman–Crippen LogP) is 2.26. The number of hydrogen-bond acceptors (Lipinski definition) is 5. The molecule has 5 heteroatoms. The fraction of sp³-hybridized carbons (Fsp3) is 0.375. The van der Waals surface area contributed by atoms with Gasteiger partial charge in [0, 0.05) is 12.0 Å². The van der Waals surface area contributed by atoms with E-state index < -0.39 is 0 Å². The van der Waals surface area contributed by atoms with Gasteiger partial charge in [0.2, 0.25) is 0 Å². The second-order valence-corrected chi connectivity index (χ2v) is 4.67. The van der Waals surface area contributed by atoms with Gasteiger partial charge in [-0.25, -0.2) is 4.79 Å². The Labute approximate surface area is 123 Å². The lowest BCUT2D eigenvalue weighted by molar-refractivity contribution is 0.0525. The van der Waals surface area contributed by atoms with Crippen LogP contribution in [0.1, 0.15) is 28.5 Å². The van der Waals surface area contributed by atoms with Crippen LogP contribution in [0.2, 0.25) is 0 Å². The van der Waals surface area contributed by atoms with Crippen LogP contribution in [-0.4, -0.2) is 36.4 Å². The summed E-state index contributed by atoms with van der Waals surface area (Å²) in [6, 6.07) is 5.47. The van der Waals surface area contributed by atoms with E-state index in [1.165, 1.54) is 0 Å². The third-order valence-corrected chi connectivity index (χ3v) is 3.28. The van der Waals surface area contributed by atoms with Crippen molar-refractivity contribution in [3.8, 4) is 5.75 Å². The molecule has 0 saturated carbocycles. The second kappa shape index (κ2) is 6.54. The summed E-state index contributed by atoms with van der Waals surface area (Å²) in [4.78, 5) is 16.4. The molecule has 1 aromatic heterocycles. The highest BCUT2D eigenvalue weighted by Crippen LogP contribution is 2.27. The van der Waals surface area contributed by atoms with Gasteiger partial charge in [-0.3, -0.25) is 4.98 Å². The predicted molar refractivity (Wildman–Crippen MR) is 79.8 cm³/mol. The monoisotopic (exact) mass is 289 g/mol. The molecule has 21 heavy (non-hydrogen) atoms. The van der Waals surface area contributed by atoms with Crippen molar-refractivity contribution < 1.29 is 19.4 Å². The Kier molecular flexibility index (Phi) is 4.75. The number of ether oxygens (including phenoxy) is 2. The summed E-state index contributed by atoms with van der Waals surface area (Å²) in [5.41, 5.74) is 2.75. The number of carbonyl (C=O) groups is 1. The lowest BCUT2D eigenvalue weighted by atomic mass is 10.0. The summed E-state index contributed by atoms with van der Waals surface area (Å²) >= 11 is 0. The lowest BCUT2D eigenvalue weighted by Gasteiger charge is -2.11. The van der Waals surface area contributed by atoms with Crippen molar-refractivity contribution in [1.82, 2.24) is 4.98 Å². The highest BCUT2D eigenvalue weighted by molar-refractivity contribution is 5.95. The van der Waals surface area contributed by atoms with Crippen molar-refractivity contribution in [2.24, 2.45) is 0 Å². The Bertz CT molecular complexity index is 667. The number of hydrogen-bond donors (Lipinski definition) is 1. The molecule has 2 rings (SSSR count). The number of benzene rings is 1. The van der Waals surface area contributed by atoms with E-state index in [1.807, 2.05) is 12.1 Å². The molecule has 0 aliphatic carbocycles. The van der Waals surface area contributed by atoms with Crippen LogP contribution in [0.3, 0.4) is 0 Å². The number of aromatic nitrogens is 1. The average Bonchev–Trinajstić information content (AvgIpc) is 2.46. The van der Waals surface area contributed by atoms with E-state index >= 15 is 0 Å². The molecule has 2 aromatic rings. The number of aliphatic hydroxyl groups is 1. The van der Waals surface area contributed by atoms with Gasteiger partial charge in [0.25, 0.3) is 0 Å². The molecule has 0 amide bonds. The van der Waals surface area contributed by atoms with Crippen LogP contribution in [0, 0.1) is 6.92 Å². The van der Waals surface area contributed by atoms with Crippen molar-refractivity contribution in [3.05, 3.63) is 35.0 Å². The number of esters is 1. The van der Waals surface area contributed by atoms with E-state index in [2.05, 4.69) is 4.98 Å². The van der Waals surface area contributed by atoms with Gasteiger partial charge in [-0.15, -0.1) is 0 Å². The minimum absolute atomic E-state index is 0.0434. The highest BCUT2D eigenvalue weighted by Gasteiger charge is 2.14. The number of fused-ring (bicyclic) bond motifs is 1. The van der Waals surface area contributed by atoms with Gasteiger partial charge in [0.1, 0.15) is 5.75 Å². The molecule has 1 N–H and O–H groups in total. The van der Waals surface area contributed by atoms with Crippen LogP contribution in [0.4, 0.5) is 0 Å². The first-order chi connectivity index (χ1) is 10.1. The fourth-order valence-electron chi connectivity index (χ4n) is 2.26. The molecule has 1 aromatic carbocycles. The van der Waals surface area contributed by atoms with Crippen molar-refractivity contribution in [1.29, 1.82) is 0 Å². The Morgan fingerprint density at radius 1 is 1.33 bits per heavy atom. The number of methoxy groups -OCH3 is 1. The van der Waals surface area contributed by atoms with Gasteiger partial charge in [0.15, 0.2) is 0 Å². The van der Waals surface area contributed by atoms with Crippen molar-refractivity contribution >= 4 is 16.9 Å². The van der Waals surface area contributed by atoms with Gasteiger partial charge in [-0.05, 0) is 44.0 Å². The first-order valence-corrected chi connectivity index (χ1v) is 6.87. The number of rotatable bonds is 5. The molecule has 0 saturated heterocycles. The summed E-state index contributed by atoms with van der Waals surface area (Å²) in [7, 11) is 1.58. The Hall–Kier alpha value is -2.14. The Morgan fingerprint density at radius 3 is 2.71 bits per heavy atom. The maximum absolute atomic E-state index is 11.9. The van der Waals surface area contributed by atoms with Crippen LogP contribution in [0.5, 0.6) is 5.75 Å². The number of nitrogens with zero attached hydrogens (tertiary/aromatic N) is 1. The van der Waals surface area contributed by atoms with E-state index in [0.29, 0.717) is 30.0 Å². The molecule has 5 nitrogen and oxygen atoms in total. The molecule has 0 unspecified atom stereocenters. The summed E-state index contributed by atoms with van der Waals surface area (Å²) in [6.45, 7) is 3.92. The molecule has 0 aliphatic rings. The summed E-state index contributed by atoms with van der Waals surface area (Å²) in [5, 5.41) is 9.91. The van der Waals surface area contributed by atoms with Crippen molar-refractivity contribution in [2.75, 3.05) is 20.3 Å². The zero-order chi connectivity index (χ0) is 15.4. The van der Waals surface area contributed by atoms with Crippen LogP contribution < -0.4 is 4.74 Å². The largest absolute Gasteiger partial charge is 0.496 e. The lowest BCUT2D eigenvalue weighted by Crippen LogP contribution is -2.08. The quantitative estimate of drug-likeness (QED) is 0.855. The molecule has 0 radical (unpaired) electrons. The fourth-order valence-corrected chi connectivity index (χ4v) is 2.26. The minimum Gasteiger partial charge on any atom is -0.496 e. The summed E-state index contributed by atoms with van der Waals surface area (Å²) in [6.07, 6.45) is 0.499. The summed E-state index contributed by atoms with van der Waals surface area (Å²) in [5.74, 6) is 0.305. The molecule has 0 atom stereocenters. The van der Waals surface area contributed by atoms with E-state index in [-0.39, 0.29) is 12.6 Å². The number of carbonyl (C=O) groups excluding carboxylic acids is 1. The third-order valence-electron chi connectivity index (χ3n) is 3.28. The number of aryl methyl sites for hydroxylation is 1. The van der Waals surface area contributed by atoms with Crippen LogP contribution >= 0.6 is 0 Å². The molecule has 1 heterocycles. The normalized spacial score (nSPS) is 10.7. The number of pyridine rings is 1. The SMILES string of the molecule is CCOC(=O)c1cc2cc(OC)c(CCO)cc2nc1C. The Balaban J connectivity index is 2.57.